The topological polar surface area (TPSA) is 35.0 Å². The number of halogens is 1. The summed E-state index contributed by atoms with van der Waals surface area (Å²) in [6, 6.07) is 0. The van der Waals surface area contributed by atoms with Crippen LogP contribution in [0.15, 0.2) is 0 Å². The highest BCUT2D eigenvalue weighted by Gasteiger charge is 1.75. The van der Waals surface area contributed by atoms with Crippen LogP contribution in [-0.2, 0) is 0 Å². The van der Waals surface area contributed by atoms with Gasteiger partial charge in [-0.25, -0.2) is 0 Å². The fraction of sp³-hybridized carbons (Fsp3) is 1.00. The van der Waals surface area contributed by atoms with E-state index >= 15 is 0 Å². The van der Waals surface area contributed by atoms with Gasteiger partial charge in [0, 0.05) is 0 Å². The predicted molar refractivity (Wildman–Crippen MR) is 42.1 cm³/mol. The maximum atomic E-state index is 2.23. The molecule has 0 unspecified atom stereocenters. The van der Waals surface area contributed by atoms with Crippen LogP contribution in [0, 0.1) is 0 Å². The molecule has 0 radical (unpaired) electrons. The molecule has 1 nitrogen and oxygen atoms in total. The van der Waals surface area contributed by atoms with Crippen molar-refractivity contribution in [2.75, 3.05) is 0 Å². The van der Waals surface area contributed by atoms with Crippen LogP contribution in [0.25, 0.3) is 0 Å². The van der Waals surface area contributed by atoms with E-state index in [2.05, 4.69) is 13.8 Å². The summed E-state index contributed by atoms with van der Waals surface area (Å²) in [6.07, 6.45) is 5.54. The first-order valence-electron chi connectivity index (χ1n) is 2.91. The van der Waals surface area contributed by atoms with Gasteiger partial charge in [0.05, 0.1) is 0 Å². The van der Waals surface area contributed by atoms with Gasteiger partial charge in [0.25, 0.3) is 0 Å². The third-order valence-corrected chi connectivity index (χ3v) is 0.957. The molecule has 3 N–H and O–H groups in total. The molecule has 0 bridgehead atoms. The third-order valence-electron chi connectivity index (χ3n) is 0.957. The second-order valence-electron chi connectivity index (χ2n) is 1.71. The molecule has 0 aliphatic heterocycles. The van der Waals surface area contributed by atoms with Gasteiger partial charge in [-0.3, -0.25) is 0 Å². The van der Waals surface area contributed by atoms with Crippen LogP contribution in [0.5, 0.6) is 0 Å². The zero-order valence-electron chi connectivity index (χ0n) is 5.94. The first kappa shape index (κ1) is 15.7. The van der Waals surface area contributed by atoms with Crippen molar-refractivity contribution in [2.24, 2.45) is 0 Å². The number of rotatable bonds is 3. The fourth-order valence-corrected chi connectivity index (χ4v) is 0.500. The van der Waals surface area contributed by atoms with Crippen molar-refractivity contribution in [2.45, 2.75) is 39.5 Å². The van der Waals surface area contributed by atoms with Gasteiger partial charge < -0.3 is 6.15 Å². The molecular weight excluding hydrogens is 122 g/mol. The molecule has 0 aromatic carbocycles. The van der Waals surface area contributed by atoms with Crippen LogP contribution >= 0.6 is 12.4 Å². The first-order chi connectivity index (χ1) is 2.91. The van der Waals surface area contributed by atoms with Crippen LogP contribution < -0.4 is 6.15 Å². The lowest BCUT2D eigenvalue weighted by molar-refractivity contribution is 0.702. The summed E-state index contributed by atoms with van der Waals surface area (Å²) in [6.45, 7) is 4.46. The van der Waals surface area contributed by atoms with E-state index in [1.807, 2.05) is 0 Å². The zero-order chi connectivity index (χ0) is 4.83. The zero-order valence-corrected chi connectivity index (χ0v) is 6.76. The van der Waals surface area contributed by atoms with E-state index in [0.717, 1.165) is 0 Å². The van der Waals surface area contributed by atoms with E-state index in [4.69, 9.17) is 0 Å². The van der Waals surface area contributed by atoms with Crippen molar-refractivity contribution < 1.29 is 0 Å². The lowest BCUT2D eigenvalue weighted by Gasteiger charge is -1.86. The average Bonchev–Trinajstić information content (AvgIpc) is 1.61. The molecule has 0 spiro atoms. The number of hydrogen-bond acceptors (Lipinski definition) is 1. The molecule has 0 aliphatic rings. The van der Waals surface area contributed by atoms with Gasteiger partial charge in [-0.1, -0.05) is 39.5 Å². The molecule has 0 saturated carbocycles. The lowest BCUT2D eigenvalue weighted by Crippen LogP contribution is -1.66. The van der Waals surface area contributed by atoms with E-state index in [9.17, 15) is 0 Å². The summed E-state index contributed by atoms with van der Waals surface area (Å²) in [5.41, 5.74) is 0. The second-order valence-corrected chi connectivity index (χ2v) is 1.71. The van der Waals surface area contributed by atoms with E-state index < -0.39 is 0 Å². The molecule has 2 heteroatoms. The van der Waals surface area contributed by atoms with Crippen molar-refractivity contribution in [3.8, 4) is 0 Å². The van der Waals surface area contributed by atoms with E-state index in [1.165, 1.54) is 25.7 Å². The smallest absolute Gasteiger partial charge is 0.0536 e. The summed E-state index contributed by atoms with van der Waals surface area (Å²) in [7, 11) is 0. The van der Waals surface area contributed by atoms with Gasteiger partial charge in [-0.2, -0.15) is 0 Å². The first-order valence-corrected chi connectivity index (χ1v) is 2.91. The molecule has 8 heavy (non-hydrogen) atoms. The van der Waals surface area contributed by atoms with Crippen LogP contribution in [0.1, 0.15) is 39.5 Å². The van der Waals surface area contributed by atoms with Crippen LogP contribution in [-0.4, -0.2) is 0 Å². The number of unbranched alkanes of at least 4 members (excludes halogenated alkanes) is 3. The molecule has 0 aliphatic carbocycles. The Bertz CT molecular complexity index is 20.5. The standard InChI is InChI=1S/C6H14.ClH.H3N/c1-3-5-6-4-2;;/h3-6H2,1-2H3;1H;1H3. The normalized spacial score (nSPS) is 6.75. The van der Waals surface area contributed by atoms with Crippen molar-refractivity contribution in [3.05, 3.63) is 0 Å². The van der Waals surface area contributed by atoms with Crippen LogP contribution in [0.4, 0.5) is 0 Å². The summed E-state index contributed by atoms with van der Waals surface area (Å²) in [4.78, 5) is 0. The SMILES string of the molecule is CCCCCC.Cl.N. The molecule has 54 valence electrons. The fourth-order valence-electron chi connectivity index (χ4n) is 0.500. The minimum Gasteiger partial charge on any atom is -0.344 e. The van der Waals surface area contributed by atoms with Gasteiger partial charge in [0.2, 0.25) is 0 Å². The Morgan fingerprint density at radius 1 is 0.875 bits per heavy atom. The highest BCUT2D eigenvalue weighted by atomic mass is 35.5. The average molecular weight is 140 g/mol. The molecular formula is C6H18ClN. The van der Waals surface area contributed by atoms with E-state index in [1.54, 1.807) is 0 Å². The summed E-state index contributed by atoms with van der Waals surface area (Å²) in [5.74, 6) is 0. The molecule has 0 aromatic rings. The molecule has 0 rings (SSSR count). The van der Waals surface area contributed by atoms with Crippen LogP contribution in [0.3, 0.4) is 0 Å². The van der Waals surface area contributed by atoms with Gasteiger partial charge in [-0.15, -0.1) is 12.4 Å². The van der Waals surface area contributed by atoms with Crippen molar-refractivity contribution in [3.63, 3.8) is 0 Å². The van der Waals surface area contributed by atoms with E-state index in [0.29, 0.717) is 0 Å². The van der Waals surface area contributed by atoms with Gasteiger partial charge in [-0.05, 0) is 0 Å². The monoisotopic (exact) mass is 139 g/mol. The predicted octanol–water partition coefficient (Wildman–Crippen LogP) is 3.17. The quantitative estimate of drug-likeness (QED) is 0.599. The third kappa shape index (κ3) is 16.3. The van der Waals surface area contributed by atoms with E-state index in [-0.39, 0.29) is 18.6 Å². The Labute approximate surface area is 58.9 Å². The molecule has 0 fully saturated rings. The summed E-state index contributed by atoms with van der Waals surface area (Å²) >= 11 is 0. The molecule has 0 saturated heterocycles. The van der Waals surface area contributed by atoms with Gasteiger partial charge >= 0.3 is 0 Å². The lowest BCUT2D eigenvalue weighted by atomic mass is 10.2. The Kier molecular flexibility index (Phi) is 30.8. The summed E-state index contributed by atoms with van der Waals surface area (Å²) < 4.78 is 0. The van der Waals surface area contributed by atoms with Crippen molar-refractivity contribution >= 4 is 12.4 Å². The highest BCUT2D eigenvalue weighted by molar-refractivity contribution is 5.85. The minimum atomic E-state index is 0. The highest BCUT2D eigenvalue weighted by Crippen LogP contribution is 1.95. The number of hydrogen-bond donors (Lipinski definition) is 1. The maximum absolute atomic E-state index is 2.23. The maximum Gasteiger partial charge on any atom is -0.0536 e. The minimum absolute atomic E-state index is 0. The van der Waals surface area contributed by atoms with Gasteiger partial charge in [0.1, 0.15) is 0 Å². The molecule has 0 heterocycles. The Balaban J connectivity index is -0.000000125. The second kappa shape index (κ2) is 15.7. The molecule has 0 atom stereocenters. The Morgan fingerprint density at radius 2 is 1.12 bits per heavy atom. The van der Waals surface area contributed by atoms with Crippen LogP contribution in [0.2, 0.25) is 0 Å². The Morgan fingerprint density at radius 3 is 1.25 bits per heavy atom. The van der Waals surface area contributed by atoms with Crippen molar-refractivity contribution in [1.29, 1.82) is 0 Å². The van der Waals surface area contributed by atoms with Crippen molar-refractivity contribution in [1.82, 2.24) is 6.15 Å². The molecule has 0 aromatic heterocycles. The summed E-state index contributed by atoms with van der Waals surface area (Å²) in [5, 5.41) is 0. The Hall–Kier alpha value is 0.250. The van der Waals surface area contributed by atoms with Gasteiger partial charge in [0.15, 0.2) is 0 Å². The largest absolute Gasteiger partial charge is 0.344 e. The molecule has 0 amide bonds.